The Hall–Kier alpha value is -0.490. The topological polar surface area (TPSA) is 76.0 Å². The van der Waals surface area contributed by atoms with Gasteiger partial charge in [0.1, 0.15) is 5.78 Å². The largest absolute Gasteiger partial charge is 0.390 e. The van der Waals surface area contributed by atoms with Gasteiger partial charge >= 0.3 is 0 Å². The Bertz CT molecular complexity index is 789. The molecule has 4 saturated carbocycles. The van der Waals surface area contributed by atoms with Crippen molar-refractivity contribution >= 4 is 5.78 Å². The number of rotatable bonds is 0. The van der Waals surface area contributed by atoms with Crippen molar-refractivity contribution in [2.24, 2.45) is 52.3 Å². The molecule has 1 spiro atoms. The summed E-state index contributed by atoms with van der Waals surface area (Å²) >= 11 is 0. The zero-order valence-corrected chi connectivity index (χ0v) is 20.3. The molecule has 2 heterocycles. The van der Waals surface area contributed by atoms with Gasteiger partial charge in [0.25, 0.3) is 0 Å². The number of hydrogen-bond donors (Lipinski definition) is 2. The minimum atomic E-state index is -0.657. The molecule has 0 radical (unpaired) electrons. The second kappa shape index (κ2) is 7.02. The van der Waals surface area contributed by atoms with E-state index >= 15 is 0 Å². The molecule has 0 amide bonds. The van der Waals surface area contributed by atoms with Crippen LogP contribution in [0.25, 0.3) is 0 Å². The van der Waals surface area contributed by atoms with Crippen LogP contribution in [0, 0.1) is 52.3 Å². The molecule has 6 aliphatic rings. The van der Waals surface area contributed by atoms with Crippen LogP contribution in [0.1, 0.15) is 79.1 Å². The second-order valence-electron chi connectivity index (χ2n) is 13.1. The molecule has 32 heavy (non-hydrogen) atoms. The molecule has 6 rings (SSSR count). The average Bonchev–Trinajstić information content (AvgIpc) is 3.19. The monoisotopic (exact) mass is 446 g/mol. The van der Waals surface area contributed by atoms with Gasteiger partial charge in [0.05, 0.1) is 24.9 Å². The van der Waals surface area contributed by atoms with Crippen molar-refractivity contribution in [3.63, 3.8) is 0 Å². The van der Waals surface area contributed by atoms with Gasteiger partial charge < -0.3 is 19.7 Å². The van der Waals surface area contributed by atoms with Crippen LogP contribution in [0.4, 0.5) is 0 Å². The highest BCUT2D eigenvalue weighted by molar-refractivity contribution is 5.87. The maximum atomic E-state index is 14.0. The van der Waals surface area contributed by atoms with Crippen molar-refractivity contribution in [3.05, 3.63) is 0 Å². The van der Waals surface area contributed by atoms with Crippen molar-refractivity contribution < 1.29 is 24.5 Å². The first-order valence-electron chi connectivity index (χ1n) is 13.3. The Morgan fingerprint density at radius 2 is 1.78 bits per heavy atom. The number of aliphatic hydroxyl groups is 2. The van der Waals surface area contributed by atoms with Gasteiger partial charge in [-0.25, -0.2) is 0 Å². The van der Waals surface area contributed by atoms with Crippen molar-refractivity contribution in [3.8, 4) is 0 Å². The van der Waals surface area contributed by atoms with Gasteiger partial charge in [0.2, 0.25) is 0 Å². The van der Waals surface area contributed by atoms with E-state index in [1.807, 2.05) is 0 Å². The number of carbonyl (C=O) groups is 1. The first kappa shape index (κ1) is 22.0. The zero-order chi connectivity index (χ0) is 22.6. The summed E-state index contributed by atoms with van der Waals surface area (Å²) in [5.41, 5.74) is -0.371. The van der Waals surface area contributed by atoms with Gasteiger partial charge in [-0.2, -0.15) is 0 Å². The van der Waals surface area contributed by atoms with Crippen molar-refractivity contribution in [2.75, 3.05) is 6.61 Å². The van der Waals surface area contributed by atoms with Crippen LogP contribution < -0.4 is 0 Å². The molecule has 5 heteroatoms. The van der Waals surface area contributed by atoms with Crippen LogP contribution >= 0.6 is 0 Å². The van der Waals surface area contributed by atoms with Crippen LogP contribution in [0.2, 0.25) is 0 Å². The molecule has 0 bridgehead atoms. The number of carbonyl (C=O) groups excluding carboxylic acids is 1. The van der Waals surface area contributed by atoms with E-state index in [2.05, 4.69) is 27.7 Å². The summed E-state index contributed by atoms with van der Waals surface area (Å²) in [7, 11) is 0. The number of aliphatic hydroxyl groups excluding tert-OH is 2. The number of fused-ring (bicyclic) bond motifs is 7. The third-order valence-corrected chi connectivity index (χ3v) is 11.8. The lowest BCUT2D eigenvalue weighted by atomic mass is 9.43. The maximum absolute atomic E-state index is 14.0. The van der Waals surface area contributed by atoms with E-state index in [4.69, 9.17) is 9.47 Å². The molecule has 0 aromatic heterocycles. The van der Waals surface area contributed by atoms with E-state index in [1.54, 1.807) is 0 Å². The second-order valence-corrected chi connectivity index (χ2v) is 13.1. The van der Waals surface area contributed by atoms with Crippen LogP contribution in [0.15, 0.2) is 0 Å². The van der Waals surface area contributed by atoms with Crippen molar-refractivity contribution in [2.45, 2.75) is 103 Å². The van der Waals surface area contributed by atoms with E-state index in [0.29, 0.717) is 54.6 Å². The zero-order valence-electron chi connectivity index (χ0n) is 20.3. The lowest BCUT2D eigenvalue weighted by Crippen LogP contribution is -2.59. The first-order chi connectivity index (χ1) is 15.1. The van der Waals surface area contributed by atoms with Gasteiger partial charge in [-0.15, -0.1) is 0 Å². The summed E-state index contributed by atoms with van der Waals surface area (Å²) in [5, 5.41) is 20.8. The highest BCUT2D eigenvalue weighted by Gasteiger charge is 2.71. The Morgan fingerprint density at radius 3 is 2.50 bits per heavy atom. The van der Waals surface area contributed by atoms with Gasteiger partial charge in [0.15, 0.2) is 5.79 Å². The first-order valence-corrected chi connectivity index (χ1v) is 13.3. The summed E-state index contributed by atoms with van der Waals surface area (Å²) in [6.07, 6.45) is 6.12. The Kier molecular flexibility index (Phi) is 4.83. The minimum absolute atomic E-state index is 0.0490. The van der Waals surface area contributed by atoms with Crippen LogP contribution in [0.5, 0.6) is 0 Å². The lowest BCUT2D eigenvalue weighted by Gasteiger charge is -2.61. The van der Waals surface area contributed by atoms with E-state index in [-0.39, 0.29) is 28.8 Å². The molecule has 4 aliphatic carbocycles. The normalized spacial score (nSPS) is 61.8. The molecular weight excluding hydrogens is 404 g/mol. The van der Waals surface area contributed by atoms with Crippen LogP contribution in [-0.4, -0.2) is 46.7 Å². The van der Waals surface area contributed by atoms with Crippen molar-refractivity contribution in [1.82, 2.24) is 0 Å². The van der Waals surface area contributed by atoms with E-state index in [9.17, 15) is 15.0 Å². The number of ether oxygens (including phenoxy) is 2. The van der Waals surface area contributed by atoms with Crippen molar-refractivity contribution in [1.29, 1.82) is 0 Å². The van der Waals surface area contributed by atoms with Crippen LogP contribution in [0.3, 0.4) is 0 Å². The van der Waals surface area contributed by atoms with E-state index in [0.717, 1.165) is 38.7 Å². The molecule has 2 saturated heterocycles. The Labute approximate surface area is 192 Å². The van der Waals surface area contributed by atoms with E-state index < -0.39 is 18.0 Å². The summed E-state index contributed by atoms with van der Waals surface area (Å²) in [6, 6.07) is 0. The smallest absolute Gasteiger partial charge is 0.171 e. The quantitative estimate of drug-likeness (QED) is 0.589. The predicted octanol–water partition coefficient (Wildman–Crippen LogP) is 3.94. The molecule has 0 aromatic carbocycles. The molecule has 13 atom stereocenters. The summed E-state index contributed by atoms with van der Waals surface area (Å²) in [6.45, 7) is 9.86. The molecule has 5 nitrogen and oxygen atoms in total. The fourth-order valence-corrected chi connectivity index (χ4v) is 9.97. The highest BCUT2D eigenvalue weighted by Crippen LogP contribution is 2.70. The SMILES string of the molecule is CC1CC[C@@]2(OC1)OC1CC3C4CC[C@H]5CC(O)[C@H](O)C[C@]5(C)C4CC(=O)[C@]3(C)C1C2C. The van der Waals surface area contributed by atoms with Gasteiger partial charge in [0, 0.05) is 30.1 Å². The molecule has 8 unspecified atom stereocenters. The number of hydrogen-bond acceptors (Lipinski definition) is 5. The third kappa shape index (κ3) is 2.69. The number of Topliss-reactive ketones (excluding diaryl/α,β-unsaturated/α-hetero) is 1. The third-order valence-electron chi connectivity index (χ3n) is 11.8. The molecule has 0 aromatic rings. The van der Waals surface area contributed by atoms with Gasteiger partial charge in [-0.05, 0) is 73.5 Å². The van der Waals surface area contributed by atoms with E-state index in [1.165, 1.54) is 0 Å². The molecular formula is C27H42O5. The molecule has 6 fully saturated rings. The summed E-state index contributed by atoms with van der Waals surface area (Å²) in [4.78, 5) is 14.0. The lowest BCUT2D eigenvalue weighted by molar-refractivity contribution is -0.272. The highest BCUT2D eigenvalue weighted by atomic mass is 16.7. The maximum Gasteiger partial charge on any atom is 0.171 e. The van der Waals surface area contributed by atoms with Gasteiger partial charge in [-0.3, -0.25) is 4.79 Å². The Balaban J connectivity index is 1.30. The predicted molar refractivity (Wildman–Crippen MR) is 120 cm³/mol. The standard InChI is InChI=1S/C27H42O5/c1-14-7-8-27(31-13-14)15(2)24-22(32-27)10-19-17-6-5-16-9-20(28)21(29)12-25(16,3)18(17)11-23(30)26(19,24)4/h14-22,24,28-29H,5-13H2,1-4H3/t14?,15?,16-,17?,18?,19?,20?,21+,22?,24?,25-,26+,27+/m0/s1. The molecule has 2 aliphatic heterocycles. The Morgan fingerprint density at radius 1 is 1.00 bits per heavy atom. The molecule has 2 N–H and O–H groups in total. The fraction of sp³-hybridized carbons (Fsp3) is 0.963. The summed E-state index contributed by atoms with van der Waals surface area (Å²) < 4.78 is 13.2. The van der Waals surface area contributed by atoms with Gasteiger partial charge in [-0.1, -0.05) is 27.7 Å². The molecule has 180 valence electrons. The minimum Gasteiger partial charge on any atom is -0.390 e. The summed E-state index contributed by atoms with van der Waals surface area (Å²) in [5.74, 6) is 2.64. The fourth-order valence-electron chi connectivity index (χ4n) is 9.97. The van der Waals surface area contributed by atoms with Crippen LogP contribution in [-0.2, 0) is 14.3 Å². The number of ketones is 1. The average molecular weight is 447 g/mol.